The predicted molar refractivity (Wildman–Crippen MR) is 78.2 cm³/mol. The van der Waals surface area contributed by atoms with E-state index in [0.717, 1.165) is 5.56 Å². The molecular weight excluding hydrogens is 378 g/mol. The summed E-state index contributed by atoms with van der Waals surface area (Å²) in [6.07, 6.45) is -0.994. The van der Waals surface area contributed by atoms with Crippen molar-refractivity contribution in [3.8, 4) is 0 Å². The Bertz CT molecular complexity index is 594. The molecule has 0 spiro atoms. The Morgan fingerprint density at radius 3 is 2.43 bits per heavy atom. The zero-order chi connectivity index (χ0) is 16.4. The molecule has 0 saturated carbocycles. The first-order valence-corrected chi connectivity index (χ1v) is 8.10. The minimum absolute atomic E-state index is 0. The van der Waals surface area contributed by atoms with Crippen LogP contribution in [-0.4, -0.2) is 39.3 Å². The third-order valence-corrected chi connectivity index (χ3v) is 3.57. The summed E-state index contributed by atoms with van der Waals surface area (Å²) in [5, 5.41) is 2.32. The van der Waals surface area contributed by atoms with Crippen molar-refractivity contribution in [1.29, 1.82) is 0 Å². The molecule has 0 aromatic heterocycles. The van der Waals surface area contributed by atoms with Crippen molar-refractivity contribution in [2.24, 2.45) is 5.73 Å². The van der Waals surface area contributed by atoms with E-state index in [4.69, 9.17) is 10.5 Å². The second-order valence-electron chi connectivity index (χ2n) is 4.24. The summed E-state index contributed by atoms with van der Waals surface area (Å²) in [6.45, 7) is -0.133. The van der Waals surface area contributed by atoms with Crippen LogP contribution in [-0.2, 0) is 49.9 Å². The number of rotatable bonds is 8. The van der Waals surface area contributed by atoms with Crippen LogP contribution < -0.4 is 11.1 Å². The van der Waals surface area contributed by atoms with Crippen LogP contribution in [0.1, 0.15) is 12.0 Å². The number of nitrogens with one attached hydrogen (secondary N) is 1. The molecule has 0 aliphatic carbocycles. The summed E-state index contributed by atoms with van der Waals surface area (Å²) in [5.41, 5.74) is 5.89. The number of alkyl carbamates (subject to hydrolysis) is 1. The van der Waals surface area contributed by atoms with Crippen molar-refractivity contribution in [2.75, 3.05) is 18.8 Å². The number of amides is 1. The molecule has 1 amide bonds. The van der Waals surface area contributed by atoms with E-state index in [2.05, 4.69) is 9.50 Å². The largest absolute Gasteiger partial charge is 0.445 e. The van der Waals surface area contributed by atoms with Gasteiger partial charge in [0.05, 0.1) is 12.2 Å². The minimum Gasteiger partial charge on any atom is -0.445 e. The fourth-order valence-electron chi connectivity index (χ4n) is 1.41. The topological polar surface area (TPSA) is 125 Å². The average molecular weight is 396 g/mol. The Balaban J connectivity index is 0.00000484. The predicted octanol–water partition coefficient (Wildman–Crippen LogP) is 0.132. The Kier molecular flexibility index (Phi) is 10.4. The van der Waals surface area contributed by atoms with Gasteiger partial charge in [-0.05, 0) is 5.56 Å². The number of carbonyl (C=O) groups excluding carboxylic acids is 2. The van der Waals surface area contributed by atoms with Gasteiger partial charge in [-0.15, -0.1) is 0 Å². The molecule has 1 aromatic rings. The molecule has 0 unspecified atom stereocenters. The van der Waals surface area contributed by atoms with Crippen LogP contribution in [0.3, 0.4) is 0 Å². The van der Waals surface area contributed by atoms with Gasteiger partial charge in [-0.2, -0.15) is 8.42 Å². The number of hydrogen-bond acceptors (Lipinski definition) is 7. The number of hydrogen-bond donors (Lipinski definition) is 2. The van der Waals surface area contributed by atoms with Crippen LogP contribution in [0.5, 0.6) is 0 Å². The number of benzene rings is 1. The van der Waals surface area contributed by atoms with E-state index < -0.39 is 27.9 Å². The van der Waals surface area contributed by atoms with Crippen LogP contribution in [0.25, 0.3) is 0 Å². The zero-order valence-electron chi connectivity index (χ0n) is 12.6. The molecule has 1 rings (SSSR count). The number of ether oxygens (including phenoxy) is 1. The molecule has 0 aliphatic heterocycles. The molecule has 3 N–H and O–H groups in total. The Morgan fingerprint density at radius 1 is 1.17 bits per heavy atom. The third kappa shape index (κ3) is 9.99. The van der Waals surface area contributed by atoms with Gasteiger partial charge in [-0.1, -0.05) is 30.3 Å². The van der Waals surface area contributed by atoms with Gasteiger partial charge < -0.3 is 20.0 Å². The van der Waals surface area contributed by atoms with Gasteiger partial charge >= 0.3 is 22.2 Å². The maximum Gasteiger partial charge on any atom is 0.407 e. The van der Waals surface area contributed by atoms with E-state index in [9.17, 15) is 18.0 Å². The summed E-state index contributed by atoms with van der Waals surface area (Å²) in [7, 11) is -3.95. The van der Waals surface area contributed by atoms with E-state index in [-0.39, 0.29) is 45.6 Å². The van der Waals surface area contributed by atoms with Crippen molar-refractivity contribution < 1.29 is 46.4 Å². The molecule has 10 heteroatoms. The normalized spacial score (nSPS) is 10.3. The first-order chi connectivity index (χ1) is 10.4. The molecule has 1 aromatic carbocycles. The van der Waals surface area contributed by atoms with E-state index in [0.29, 0.717) is 0 Å². The van der Waals surface area contributed by atoms with E-state index in [1.165, 1.54) is 0 Å². The average Bonchev–Trinajstić information content (AvgIpc) is 2.45. The van der Waals surface area contributed by atoms with Crippen molar-refractivity contribution in [3.05, 3.63) is 35.9 Å². The monoisotopic (exact) mass is 394 g/mol. The number of carbonyl (C=O) groups is 2. The molecule has 0 atom stereocenters. The SMILES string of the molecule is NCCS(=O)(=O)OC(=O)CCNC(=O)OCc1ccccc1.[Zn]. The van der Waals surface area contributed by atoms with Crippen LogP contribution in [0.4, 0.5) is 4.79 Å². The van der Waals surface area contributed by atoms with Gasteiger partial charge in [0, 0.05) is 32.6 Å². The number of nitrogens with two attached hydrogens (primary N) is 1. The molecule has 23 heavy (non-hydrogen) atoms. The molecular formula is C13H18N2O6SZn. The van der Waals surface area contributed by atoms with Crippen LogP contribution in [0, 0.1) is 0 Å². The maximum atomic E-state index is 11.4. The molecule has 0 aliphatic rings. The van der Waals surface area contributed by atoms with Gasteiger partial charge in [0.2, 0.25) is 0 Å². The summed E-state index contributed by atoms with van der Waals surface area (Å²) in [4.78, 5) is 22.6. The fourth-order valence-corrected chi connectivity index (χ4v) is 2.15. The smallest absolute Gasteiger partial charge is 0.407 e. The van der Waals surface area contributed by atoms with Crippen molar-refractivity contribution in [2.45, 2.75) is 13.0 Å². The van der Waals surface area contributed by atoms with Crippen molar-refractivity contribution >= 4 is 22.2 Å². The van der Waals surface area contributed by atoms with Crippen molar-refractivity contribution in [3.63, 3.8) is 0 Å². The van der Waals surface area contributed by atoms with E-state index in [1.807, 2.05) is 18.2 Å². The summed E-state index contributed by atoms with van der Waals surface area (Å²) >= 11 is 0. The Labute approximate surface area is 147 Å². The van der Waals surface area contributed by atoms with Gasteiger partial charge in [-0.25, -0.2) is 4.79 Å². The van der Waals surface area contributed by atoms with Crippen LogP contribution >= 0.6 is 0 Å². The first-order valence-electron chi connectivity index (χ1n) is 6.52. The molecule has 8 nitrogen and oxygen atoms in total. The first kappa shape index (κ1) is 21.5. The molecule has 0 radical (unpaired) electrons. The minimum atomic E-state index is -3.95. The van der Waals surface area contributed by atoms with E-state index >= 15 is 0 Å². The molecule has 0 heterocycles. The second kappa shape index (κ2) is 11.1. The summed E-state index contributed by atoms with van der Waals surface area (Å²) in [5.74, 6) is -1.40. The quantitative estimate of drug-likeness (QED) is 0.473. The summed E-state index contributed by atoms with van der Waals surface area (Å²) in [6, 6.07) is 9.07. The standard InChI is InChI=1S/C13H18N2O6S.Zn/c14-7-9-22(18,19)21-12(16)6-8-15-13(17)20-10-11-4-2-1-3-5-11;/h1-5H,6-10,14H2,(H,15,17);. The van der Waals surface area contributed by atoms with Gasteiger partial charge in [0.25, 0.3) is 0 Å². The maximum absolute atomic E-state index is 11.4. The Morgan fingerprint density at radius 2 is 1.83 bits per heavy atom. The van der Waals surface area contributed by atoms with Crippen molar-refractivity contribution in [1.82, 2.24) is 5.32 Å². The molecule has 0 fully saturated rings. The third-order valence-electron chi connectivity index (χ3n) is 2.40. The second-order valence-corrected chi connectivity index (χ2v) is 5.93. The Hall–Kier alpha value is -1.51. The molecule has 124 valence electrons. The summed E-state index contributed by atoms with van der Waals surface area (Å²) < 4.78 is 31.5. The molecule has 0 bridgehead atoms. The van der Waals surface area contributed by atoms with Gasteiger partial charge in [-0.3, -0.25) is 4.79 Å². The zero-order valence-corrected chi connectivity index (χ0v) is 16.3. The molecule has 0 saturated heterocycles. The van der Waals surface area contributed by atoms with Gasteiger partial charge in [0.15, 0.2) is 0 Å². The van der Waals surface area contributed by atoms with Gasteiger partial charge in [0.1, 0.15) is 6.61 Å². The van der Waals surface area contributed by atoms with Crippen LogP contribution in [0.15, 0.2) is 30.3 Å². The van der Waals surface area contributed by atoms with E-state index in [1.54, 1.807) is 12.1 Å². The van der Waals surface area contributed by atoms with Crippen LogP contribution in [0.2, 0.25) is 0 Å². The fraction of sp³-hybridized carbons (Fsp3) is 0.385.